The third-order valence-corrected chi connectivity index (χ3v) is 4.41. The van der Waals surface area contributed by atoms with E-state index in [0.29, 0.717) is 12.2 Å². The normalized spacial score (nSPS) is 10.8. The molecule has 2 N–H and O–H groups in total. The topological polar surface area (TPSA) is 91.5 Å². The number of aliphatic hydroxyl groups is 1. The molecule has 7 nitrogen and oxygen atoms in total. The average Bonchev–Trinajstić information content (AvgIpc) is 3.10. The van der Waals surface area contributed by atoms with Crippen molar-refractivity contribution >= 4 is 11.8 Å². The van der Waals surface area contributed by atoms with Crippen LogP contribution in [-0.2, 0) is 6.54 Å². The monoisotopic (exact) mass is 366 g/mol. The molecule has 1 aromatic heterocycles. The Balaban J connectivity index is 2.02. The smallest absolute Gasteiger partial charge is 0.360 e. The van der Waals surface area contributed by atoms with Crippen LogP contribution in [-0.4, -0.2) is 44.3 Å². The molecular weight excluding hydrogens is 344 g/mol. The molecule has 0 amide bonds. The van der Waals surface area contributed by atoms with Gasteiger partial charge in [0.25, 0.3) is 0 Å². The van der Waals surface area contributed by atoms with E-state index in [1.165, 1.54) is 4.80 Å². The number of hydrogen-bond donors (Lipinski definition) is 2. The molecule has 0 aliphatic heterocycles. The average molecular weight is 366 g/mol. The minimum Gasteiger partial charge on any atom is -0.476 e. The maximum Gasteiger partial charge on any atom is 0.360 e. The second kappa shape index (κ2) is 8.01. The predicted octanol–water partition coefficient (Wildman–Crippen LogP) is 2.58. The molecule has 3 rings (SSSR count). The number of carboxylic acids is 1. The van der Waals surface area contributed by atoms with Gasteiger partial charge in [-0.25, -0.2) is 4.79 Å². The van der Waals surface area contributed by atoms with Crippen LogP contribution in [0.5, 0.6) is 0 Å². The number of rotatable bonds is 7. The number of aryl methyl sites for hydroxylation is 2. The summed E-state index contributed by atoms with van der Waals surface area (Å²) in [5, 5.41) is 27.7. The van der Waals surface area contributed by atoms with E-state index < -0.39 is 5.97 Å². The fourth-order valence-corrected chi connectivity index (χ4v) is 2.80. The Hall–Kier alpha value is -3.19. The zero-order chi connectivity index (χ0) is 19.4. The summed E-state index contributed by atoms with van der Waals surface area (Å²) < 4.78 is 0. The molecule has 0 atom stereocenters. The van der Waals surface area contributed by atoms with Crippen LogP contribution in [0, 0.1) is 13.8 Å². The van der Waals surface area contributed by atoms with E-state index in [1.54, 1.807) is 4.90 Å². The number of carboxylic acid groups (broad SMARTS) is 1. The van der Waals surface area contributed by atoms with E-state index in [2.05, 4.69) is 10.2 Å². The highest BCUT2D eigenvalue weighted by Crippen LogP contribution is 2.21. The van der Waals surface area contributed by atoms with Gasteiger partial charge in [-0.05, 0) is 42.7 Å². The highest BCUT2D eigenvalue weighted by Gasteiger charge is 2.23. The Kier molecular flexibility index (Phi) is 5.52. The summed E-state index contributed by atoms with van der Waals surface area (Å²) in [5.74, 6) is -0.922. The molecule has 0 saturated carbocycles. The number of aromatic nitrogens is 3. The maximum absolute atomic E-state index is 11.7. The summed E-state index contributed by atoms with van der Waals surface area (Å²) in [6, 6.07) is 15.3. The Bertz CT molecular complexity index is 938. The van der Waals surface area contributed by atoms with Gasteiger partial charge in [-0.15, -0.1) is 15.0 Å². The first kappa shape index (κ1) is 18.6. The van der Waals surface area contributed by atoms with Crippen LogP contribution in [0.4, 0.5) is 5.82 Å². The number of aromatic carboxylic acids is 1. The molecule has 0 fully saturated rings. The molecule has 0 bridgehead atoms. The molecule has 3 aromatic rings. The Morgan fingerprint density at radius 1 is 1.07 bits per heavy atom. The molecule has 27 heavy (non-hydrogen) atoms. The van der Waals surface area contributed by atoms with Gasteiger partial charge < -0.3 is 15.1 Å². The molecule has 0 saturated heterocycles. The van der Waals surface area contributed by atoms with Gasteiger partial charge in [0.2, 0.25) is 5.69 Å². The van der Waals surface area contributed by atoms with Crippen molar-refractivity contribution in [3.05, 3.63) is 70.9 Å². The van der Waals surface area contributed by atoms with E-state index in [9.17, 15) is 15.0 Å². The minimum atomic E-state index is -1.16. The van der Waals surface area contributed by atoms with E-state index in [-0.39, 0.29) is 24.7 Å². The van der Waals surface area contributed by atoms with E-state index in [0.717, 1.165) is 16.7 Å². The highest BCUT2D eigenvalue weighted by molar-refractivity contribution is 5.91. The number of hydrogen-bond acceptors (Lipinski definition) is 5. The minimum absolute atomic E-state index is 0.123. The Labute approximate surface area is 157 Å². The number of carbonyl (C=O) groups is 1. The Morgan fingerprint density at radius 2 is 1.81 bits per heavy atom. The molecule has 0 aliphatic carbocycles. The molecule has 0 aliphatic rings. The van der Waals surface area contributed by atoms with E-state index >= 15 is 0 Å². The summed E-state index contributed by atoms with van der Waals surface area (Å²) in [6.45, 7) is 4.54. The van der Waals surface area contributed by atoms with Crippen LogP contribution < -0.4 is 4.90 Å². The first-order chi connectivity index (χ1) is 13.0. The lowest BCUT2D eigenvalue weighted by Gasteiger charge is -2.21. The van der Waals surface area contributed by atoms with Gasteiger partial charge in [-0.3, -0.25) is 0 Å². The number of anilines is 1. The van der Waals surface area contributed by atoms with Gasteiger partial charge in [-0.1, -0.05) is 36.4 Å². The third kappa shape index (κ3) is 4.15. The lowest BCUT2D eigenvalue weighted by molar-refractivity contribution is 0.0690. The first-order valence-corrected chi connectivity index (χ1v) is 8.67. The predicted molar refractivity (Wildman–Crippen MR) is 102 cm³/mol. The third-order valence-electron chi connectivity index (χ3n) is 4.41. The molecule has 0 unspecified atom stereocenters. The van der Waals surface area contributed by atoms with Crippen LogP contribution in [0.2, 0.25) is 0 Å². The van der Waals surface area contributed by atoms with Gasteiger partial charge in [-0.2, -0.15) is 0 Å². The van der Waals surface area contributed by atoms with Crippen molar-refractivity contribution in [2.75, 3.05) is 18.1 Å². The van der Waals surface area contributed by atoms with Crippen molar-refractivity contribution in [3.63, 3.8) is 0 Å². The fourth-order valence-electron chi connectivity index (χ4n) is 2.80. The number of aliphatic hydroxyl groups excluding tert-OH is 1. The lowest BCUT2D eigenvalue weighted by Crippen LogP contribution is -2.28. The van der Waals surface area contributed by atoms with Crippen LogP contribution >= 0.6 is 0 Å². The highest BCUT2D eigenvalue weighted by atomic mass is 16.4. The summed E-state index contributed by atoms with van der Waals surface area (Å²) in [6.07, 6.45) is 0. The fraction of sp³-hybridized carbons (Fsp3) is 0.250. The first-order valence-electron chi connectivity index (χ1n) is 8.67. The van der Waals surface area contributed by atoms with E-state index in [4.69, 9.17) is 0 Å². The second-order valence-electron chi connectivity index (χ2n) is 6.37. The largest absolute Gasteiger partial charge is 0.476 e. The second-order valence-corrected chi connectivity index (χ2v) is 6.37. The van der Waals surface area contributed by atoms with E-state index in [1.807, 2.05) is 62.4 Å². The van der Waals surface area contributed by atoms with Crippen LogP contribution in [0.1, 0.15) is 27.2 Å². The summed E-state index contributed by atoms with van der Waals surface area (Å²) >= 11 is 0. The molecule has 7 heteroatoms. The van der Waals surface area contributed by atoms with Crippen molar-refractivity contribution in [1.82, 2.24) is 15.0 Å². The Morgan fingerprint density at radius 3 is 2.44 bits per heavy atom. The zero-order valence-corrected chi connectivity index (χ0v) is 15.3. The van der Waals surface area contributed by atoms with Crippen molar-refractivity contribution in [1.29, 1.82) is 0 Å². The van der Waals surface area contributed by atoms with Gasteiger partial charge in [0.15, 0.2) is 5.82 Å². The molecule has 1 heterocycles. The standard InChI is InChI=1S/C20H22N4O3/c1-14-8-9-17(12-15(14)2)24-21-18(20(26)27)19(22-24)23(10-11-25)13-16-6-4-3-5-7-16/h3-9,12,25H,10-11,13H2,1-2H3,(H,26,27). The summed E-state index contributed by atoms with van der Waals surface area (Å²) in [7, 11) is 0. The van der Waals surface area contributed by atoms with Crippen molar-refractivity contribution < 1.29 is 15.0 Å². The summed E-state index contributed by atoms with van der Waals surface area (Å²) in [5.41, 5.74) is 3.74. The van der Waals surface area contributed by atoms with Crippen molar-refractivity contribution in [3.8, 4) is 5.69 Å². The molecular formula is C20H22N4O3. The maximum atomic E-state index is 11.7. The van der Waals surface area contributed by atoms with Crippen LogP contribution in [0.25, 0.3) is 5.69 Å². The SMILES string of the molecule is Cc1ccc(-n2nc(C(=O)O)c(N(CCO)Cc3ccccc3)n2)cc1C. The number of nitrogens with zero attached hydrogens (tertiary/aromatic N) is 4. The molecule has 2 aromatic carbocycles. The van der Waals surface area contributed by atoms with Gasteiger partial charge >= 0.3 is 5.97 Å². The molecule has 0 spiro atoms. The molecule has 0 radical (unpaired) electrons. The lowest BCUT2D eigenvalue weighted by atomic mass is 10.1. The summed E-state index contributed by atoms with van der Waals surface area (Å²) in [4.78, 5) is 14.8. The quantitative estimate of drug-likeness (QED) is 0.668. The van der Waals surface area contributed by atoms with Crippen LogP contribution in [0.3, 0.4) is 0 Å². The van der Waals surface area contributed by atoms with Crippen LogP contribution in [0.15, 0.2) is 48.5 Å². The van der Waals surface area contributed by atoms with Gasteiger partial charge in [0.05, 0.1) is 12.3 Å². The van der Waals surface area contributed by atoms with Crippen molar-refractivity contribution in [2.45, 2.75) is 20.4 Å². The van der Waals surface area contributed by atoms with Gasteiger partial charge in [0, 0.05) is 13.1 Å². The molecule has 140 valence electrons. The van der Waals surface area contributed by atoms with Gasteiger partial charge in [0.1, 0.15) is 0 Å². The number of benzene rings is 2. The zero-order valence-electron chi connectivity index (χ0n) is 15.3. The van der Waals surface area contributed by atoms with Crippen molar-refractivity contribution in [2.24, 2.45) is 0 Å².